The minimum atomic E-state index is -4.82. The Labute approximate surface area is 184 Å². The number of hydrogen-bond donors (Lipinski definition) is 0. The van der Waals surface area contributed by atoms with Gasteiger partial charge in [-0.15, -0.1) is 13.2 Å². The van der Waals surface area contributed by atoms with Crippen molar-refractivity contribution in [1.29, 1.82) is 0 Å². The highest BCUT2D eigenvalue weighted by atomic mass is 19.4. The van der Waals surface area contributed by atoms with Crippen LogP contribution in [0.5, 0.6) is 5.75 Å². The van der Waals surface area contributed by atoms with E-state index in [0.717, 1.165) is 10.9 Å². The first-order valence-electron chi connectivity index (χ1n) is 9.74. The highest BCUT2D eigenvalue weighted by Gasteiger charge is 2.31. The highest BCUT2D eigenvalue weighted by molar-refractivity contribution is 5.87. The Morgan fingerprint density at radius 2 is 1.76 bits per heavy atom. The molecule has 0 aliphatic carbocycles. The Balaban J connectivity index is 1.61. The van der Waals surface area contributed by atoms with Crippen molar-refractivity contribution in [3.63, 3.8) is 0 Å². The minimum absolute atomic E-state index is 0.0815. The van der Waals surface area contributed by atoms with Gasteiger partial charge in [-0.3, -0.25) is 9.78 Å². The number of benzene rings is 2. The fourth-order valence-corrected chi connectivity index (χ4v) is 3.49. The molecule has 0 aliphatic rings. The lowest BCUT2D eigenvalue weighted by atomic mass is 10.2. The van der Waals surface area contributed by atoms with E-state index in [9.17, 15) is 18.0 Å². The van der Waals surface area contributed by atoms with Crippen molar-refractivity contribution in [1.82, 2.24) is 24.5 Å². The van der Waals surface area contributed by atoms with E-state index in [1.54, 1.807) is 35.3 Å². The first-order chi connectivity index (χ1) is 15.9. The number of fused-ring (bicyclic) bond motifs is 1. The fraction of sp³-hybridized carbons (Fsp3) is 0.0435. The van der Waals surface area contributed by atoms with Crippen molar-refractivity contribution in [2.75, 3.05) is 0 Å². The van der Waals surface area contributed by atoms with Gasteiger partial charge in [0.15, 0.2) is 5.69 Å². The molecule has 3 aromatic heterocycles. The number of ether oxygens (including phenoxy) is 1. The van der Waals surface area contributed by atoms with Crippen molar-refractivity contribution >= 4 is 10.9 Å². The van der Waals surface area contributed by atoms with Crippen molar-refractivity contribution in [3.05, 3.63) is 95.5 Å². The van der Waals surface area contributed by atoms with Crippen LogP contribution in [0.2, 0.25) is 0 Å². The summed E-state index contributed by atoms with van der Waals surface area (Å²) in [6, 6.07) is 17.6. The normalized spacial score (nSPS) is 11.6. The van der Waals surface area contributed by atoms with Gasteiger partial charge in [0, 0.05) is 29.9 Å². The number of alkyl halides is 3. The molecule has 0 atom stereocenters. The molecule has 3 heterocycles. The van der Waals surface area contributed by atoms with Crippen LogP contribution >= 0.6 is 0 Å². The topological polar surface area (TPSA) is 74.8 Å². The lowest BCUT2D eigenvalue weighted by molar-refractivity contribution is -0.274. The van der Waals surface area contributed by atoms with Crippen molar-refractivity contribution in [3.8, 4) is 28.5 Å². The second kappa shape index (κ2) is 7.90. The quantitative estimate of drug-likeness (QED) is 0.403. The Hall–Kier alpha value is -4.47. The maximum Gasteiger partial charge on any atom is 0.573 e. The Kier molecular flexibility index (Phi) is 4.89. The summed E-state index contributed by atoms with van der Waals surface area (Å²) < 4.78 is 44.7. The van der Waals surface area contributed by atoms with E-state index >= 15 is 0 Å². The largest absolute Gasteiger partial charge is 0.573 e. The summed E-state index contributed by atoms with van der Waals surface area (Å²) in [5.74, 6) is -0.393. The number of nitrogens with zero attached hydrogens (tertiary/aromatic N) is 5. The summed E-state index contributed by atoms with van der Waals surface area (Å²) in [6.45, 7) is 0. The van der Waals surface area contributed by atoms with E-state index in [1.165, 1.54) is 35.1 Å². The van der Waals surface area contributed by atoms with Gasteiger partial charge in [0.25, 0.3) is 0 Å². The smallest absolute Gasteiger partial charge is 0.406 e. The lowest BCUT2D eigenvalue weighted by Crippen LogP contribution is -2.17. The second-order valence-electron chi connectivity index (χ2n) is 6.99. The van der Waals surface area contributed by atoms with Crippen LogP contribution in [-0.4, -0.2) is 30.9 Å². The van der Waals surface area contributed by atoms with E-state index in [2.05, 4.69) is 19.9 Å². The molecule has 0 amide bonds. The average molecular weight is 449 g/mol. The van der Waals surface area contributed by atoms with Crippen LogP contribution in [-0.2, 0) is 0 Å². The fourth-order valence-electron chi connectivity index (χ4n) is 3.49. The summed E-state index contributed by atoms with van der Waals surface area (Å²) in [4.78, 5) is 17.0. The van der Waals surface area contributed by atoms with Gasteiger partial charge >= 0.3 is 6.36 Å². The van der Waals surface area contributed by atoms with Gasteiger partial charge in [-0.1, -0.05) is 24.3 Å². The molecule has 0 radical (unpaired) electrons. The van der Waals surface area contributed by atoms with E-state index in [-0.39, 0.29) is 11.1 Å². The summed E-state index contributed by atoms with van der Waals surface area (Å²) >= 11 is 0. The molecule has 0 N–H and O–H groups in total. The molecular weight excluding hydrogens is 435 g/mol. The number of aromatic nitrogens is 5. The standard InChI is InChI=1S/C23H14F3N5O2/c24-23(25,26)33-16-5-3-4-15(14-16)30-13-10-21(32)22(29-30)20-9-12-28-31(20)19-8-11-27-18-7-2-1-6-17(18)19/h1-14H. The van der Waals surface area contributed by atoms with Crippen LogP contribution in [0.25, 0.3) is 33.7 Å². The van der Waals surface area contributed by atoms with Crippen LogP contribution in [0.1, 0.15) is 0 Å². The van der Waals surface area contributed by atoms with Crippen LogP contribution < -0.4 is 10.2 Å². The van der Waals surface area contributed by atoms with Crippen LogP contribution in [0, 0.1) is 0 Å². The molecule has 0 bridgehead atoms. The minimum Gasteiger partial charge on any atom is -0.406 e. The first-order valence-corrected chi connectivity index (χ1v) is 9.74. The monoisotopic (exact) mass is 449 g/mol. The SMILES string of the molecule is O=c1ccn(-c2cccc(OC(F)(F)F)c2)nc1-c1ccnn1-c1ccnc2ccccc12. The van der Waals surface area contributed by atoms with Crippen LogP contribution in [0.15, 0.2) is 90.1 Å². The lowest BCUT2D eigenvalue weighted by Gasteiger charge is -2.13. The van der Waals surface area contributed by atoms with E-state index in [4.69, 9.17) is 0 Å². The molecule has 0 spiro atoms. The summed E-state index contributed by atoms with van der Waals surface area (Å²) in [5, 5.41) is 9.58. The predicted molar refractivity (Wildman–Crippen MR) is 114 cm³/mol. The molecule has 0 unspecified atom stereocenters. The average Bonchev–Trinajstić information content (AvgIpc) is 3.27. The molecule has 5 aromatic rings. The first kappa shape index (κ1) is 20.4. The summed E-state index contributed by atoms with van der Waals surface area (Å²) in [5.41, 5.74) is 1.90. The van der Waals surface area contributed by atoms with Gasteiger partial charge in [-0.25, -0.2) is 9.36 Å². The second-order valence-corrected chi connectivity index (χ2v) is 6.99. The number of para-hydroxylation sites is 1. The number of rotatable bonds is 4. The zero-order valence-electron chi connectivity index (χ0n) is 16.8. The zero-order valence-corrected chi connectivity index (χ0v) is 16.8. The van der Waals surface area contributed by atoms with Crippen LogP contribution in [0.4, 0.5) is 13.2 Å². The molecule has 5 rings (SSSR count). The van der Waals surface area contributed by atoms with Gasteiger partial charge < -0.3 is 4.74 Å². The molecule has 164 valence electrons. The molecule has 0 saturated carbocycles. The molecule has 0 aliphatic heterocycles. The van der Waals surface area contributed by atoms with Gasteiger partial charge in [-0.05, 0) is 30.3 Å². The third-order valence-electron chi connectivity index (χ3n) is 4.86. The van der Waals surface area contributed by atoms with E-state index < -0.39 is 12.1 Å². The number of pyridine rings is 1. The molecule has 10 heteroatoms. The van der Waals surface area contributed by atoms with Crippen LogP contribution in [0.3, 0.4) is 0 Å². The van der Waals surface area contributed by atoms with Gasteiger partial charge in [0.2, 0.25) is 5.43 Å². The van der Waals surface area contributed by atoms with E-state index in [1.807, 2.05) is 24.3 Å². The Bertz CT molecular complexity index is 1520. The maximum absolute atomic E-state index is 12.7. The molecule has 0 saturated heterocycles. The number of hydrogen-bond acceptors (Lipinski definition) is 5. The Morgan fingerprint density at radius 1 is 0.909 bits per heavy atom. The molecular formula is C23H14F3N5O2. The third-order valence-corrected chi connectivity index (χ3v) is 4.86. The summed E-state index contributed by atoms with van der Waals surface area (Å²) in [7, 11) is 0. The van der Waals surface area contributed by atoms with Crippen molar-refractivity contribution < 1.29 is 17.9 Å². The maximum atomic E-state index is 12.7. The molecule has 2 aromatic carbocycles. The molecule has 7 nitrogen and oxygen atoms in total. The van der Waals surface area contributed by atoms with Gasteiger partial charge in [0.1, 0.15) is 5.75 Å². The highest BCUT2D eigenvalue weighted by Crippen LogP contribution is 2.26. The third kappa shape index (κ3) is 4.05. The Morgan fingerprint density at radius 3 is 2.61 bits per heavy atom. The predicted octanol–water partition coefficient (Wildman–Crippen LogP) is 4.53. The molecule has 0 fully saturated rings. The van der Waals surface area contributed by atoms with Crippen molar-refractivity contribution in [2.24, 2.45) is 0 Å². The number of halogens is 3. The van der Waals surface area contributed by atoms with E-state index in [0.29, 0.717) is 17.1 Å². The molecule has 33 heavy (non-hydrogen) atoms. The zero-order chi connectivity index (χ0) is 23.0. The van der Waals surface area contributed by atoms with Gasteiger partial charge in [-0.2, -0.15) is 10.2 Å². The summed E-state index contributed by atoms with van der Waals surface area (Å²) in [6.07, 6.45) is -0.256. The van der Waals surface area contributed by atoms with Gasteiger partial charge in [0.05, 0.1) is 28.8 Å². The van der Waals surface area contributed by atoms with Crippen molar-refractivity contribution in [2.45, 2.75) is 6.36 Å².